The lowest BCUT2D eigenvalue weighted by molar-refractivity contribution is -0.119. The molecular formula is C33H42N6O. The van der Waals surface area contributed by atoms with Gasteiger partial charge in [-0.15, -0.1) is 0 Å². The van der Waals surface area contributed by atoms with E-state index >= 15 is 0 Å². The summed E-state index contributed by atoms with van der Waals surface area (Å²) in [6.07, 6.45) is 4.13. The van der Waals surface area contributed by atoms with Crippen molar-refractivity contribution in [3.8, 4) is 12.1 Å². The van der Waals surface area contributed by atoms with E-state index in [-0.39, 0.29) is 17.5 Å². The Morgan fingerprint density at radius 3 is 2.20 bits per heavy atom. The Balaban J connectivity index is 1.47. The number of aryl methyl sites for hydroxylation is 2. The Labute approximate surface area is 239 Å². The number of carbonyl (C=O) groups excluding carboxylic acids is 1. The second-order valence-electron chi connectivity index (χ2n) is 11.4. The summed E-state index contributed by atoms with van der Waals surface area (Å²) < 4.78 is 0. The standard InChI is InChI=1S/C33H42N6O/c1-25(2)39(31-10-8-9-28(20-31)23-36-12-6-5-7-13-36)32(40)11-14-37-15-16-38(33(37)30(21-34)22-35)24-29-18-26(3)17-27(4)19-29/h8-10,17-20,25H,5-7,11-16,23-24H2,1-4H3. The van der Waals surface area contributed by atoms with E-state index in [0.717, 1.165) is 30.9 Å². The molecule has 210 valence electrons. The Morgan fingerprint density at radius 1 is 0.875 bits per heavy atom. The Hall–Kier alpha value is -3.81. The zero-order valence-electron chi connectivity index (χ0n) is 24.5. The molecule has 7 heteroatoms. The smallest absolute Gasteiger partial charge is 0.229 e. The summed E-state index contributed by atoms with van der Waals surface area (Å²) in [6, 6.07) is 19.0. The minimum absolute atomic E-state index is 0.0150. The summed E-state index contributed by atoms with van der Waals surface area (Å²) >= 11 is 0. The first-order valence-corrected chi connectivity index (χ1v) is 14.5. The van der Waals surface area contributed by atoms with Gasteiger partial charge in [0, 0.05) is 50.9 Å². The number of hydrogen-bond acceptors (Lipinski definition) is 6. The van der Waals surface area contributed by atoms with E-state index in [1.807, 2.05) is 29.7 Å². The van der Waals surface area contributed by atoms with Crippen molar-refractivity contribution in [2.75, 3.05) is 37.6 Å². The van der Waals surface area contributed by atoms with Crippen LogP contribution in [0.25, 0.3) is 0 Å². The normalized spacial score (nSPS) is 15.7. The minimum Gasteiger partial charge on any atom is -0.354 e. The SMILES string of the molecule is Cc1cc(C)cc(CN2CCN(CCC(=O)N(c3cccc(CN4CCCCC4)c3)C(C)C)C2=C(C#N)C#N)c1. The molecule has 2 fully saturated rings. The molecule has 0 aliphatic carbocycles. The fraction of sp³-hybridized carbons (Fsp3) is 0.485. The minimum atomic E-state index is 0.0150. The molecule has 2 aromatic carbocycles. The number of nitrogens with zero attached hydrogens (tertiary/aromatic N) is 6. The van der Waals surface area contributed by atoms with Crippen molar-refractivity contribution in [3.63, 3.8) is 0 Å². The number of rotatable bonds is 9. The highest BCUT2D eigenvalue weighted by atomic mass is 16.2. The molecule has 0 unspecified atom stereocenters. The van der Waals surface area contributed by atoms with Gasteiger partial charge in [-0.3, -0.25) is 9.69 Å². The predicted molar refractivity (Wildman–Crippen MR) is 159 cm³/mol. The number of amides is 1. The number of benzene rings is 2. The van der Waals surface area contributed by atoms with Gasteiger partial charge in [0.25, 0.3) is 0 Å². The van der Waals surface area contributed by atoms with Crippen molar-refractivity contribution in [1.82, 2.24) is 14.7 Å². The van der Waals surface area contributed by atoms with Gasteiger partial charge in [-0.2, -0.15) is 10.5 Å². The van der Waals surface area contributed by atoms with E-state index in [1.165, 1.54) is 36.0 Å². The molecule has 2 aliphatic rings. The van der Waals surface area contributed by atoms with Crippen LogP contribution in [0.3, 0.4) is 0 Å². The number of piperidine rings is 1. The maximum atomic E-state index is 13.6. The maximum absolute atomic E-state index is 13.6. The molecule has 1 amide bonds. The third kappa shape index (κ3) is 7.23. The Bertz CT molecular complexity index is 1270. The summed E-state index contributed by atoms with van der Waals surface area (Å²) in [5, 5.41) is 19.5. The quantitative estimate of drug-likeness (QED) is 0.393. The van der Waals surface area contributed by atoms with Crippen LogP contribution >= 0.6 is 0 Å². The van der Waals surface area contributed by atoms with E-state index in [2.05, 4.69) is 72.2 Å². The van der Waals surface area contributed by atoms with Crippen LogP contribution in [0.1, 0.15) is 61.8 Å². The summed E-state index contributed by atoms with van der Waals surface area (Å²) in [5.41, 5.74) is 5.79. The van der Waals surface area contributed by atoms with E-state index < -0.39 is 0 Å². The lowest BCUT2D eigenvalue weighted by Crippen LogP contribution is -2.39. The Kier molecular flexibility index (Phi) is 9.85. The van der Waals surface area contributed by atoms with Crippen LogP contribution in [0.5, 0.6) is 0 Å². The molecule has 0 atom stereocenters. The number of anilines is 1. The van der Waals surface area contributed by atoms with Gasteiger partial charge in [-0.1, -0.05) is 47.9 Å². The van der Waals surface area contributed by atoms with Crippen LogP contribution in [0, 0.1) is 36.5 Å². The summed E-state index contributed by atoms with van der Waals surface area (Å²) in [7, 11) is 0. The van der Waals surface area contributed by atoms with Crippen molar-refractivity contribution >= 4 is 11.6 Å². The second-order valence-corrected chi connectivity index (χ2v) is 11.4. The largest absolute Gasteiger partial charge is 0.354 e. The highest BCUT2D eigenvalue weighted by Crippen LogP contribution is 2.27. The van der Waals surface area contributed by atoms with Gasteiger partial charge in [0.2, 0.25) is 5.91 Å². The van der Waals surface area contributed by atoms with Gasteiger partial charge < -0.3 is 14.7 Å². The average Bonchev–Trinajstić information content (AvgIpc) is 3.30. The van der Waals surface area contributed by atoms with Crippen molar-refractivity contribution in [2.24, 2.45) is 0 Å². The molecule has 2 aromatic rings. The molecule has 40 heavy (non-hydrogen) atoms. The van der Waals surface area contributed by atoms with Crippen LogP contribution in [-0.2, 0) is 17.9 Å². The highest BCUT2D eigenvalue weighted by Gasteiger charge is 2.30. The molecule has 0 bridgehead atoms. The molecule has 0 N–H and O–H groups in total. The topological polar surface area (TPSA) is 77.6 Å². The zero-order chi connectivity index (χ0) is 28.6. The summed E-state index contributed by atoms with van der Waals surface area (Å²) in [5.74, 6) is 0.685. The molecule has 2 aliphatic heterocycles. The lowest BCUT2D eigenvalue weighted by Gasteiger charge is -2.30. The first-order valence-electron chi connectivity index (χ1n) is 14.5. The molecule has 2 heterocycles. The van der Waals surface area contributed by atoms with E-state index in [4.69, 9.17) is 0 Å². The lowest BCUT2D eigenvalue weighted by atomic mass is 10.1. The zero-order valence-corrected chi connectivity index (χ0v) is 24.5. The fourth-order valence-electron chi connectivity index (χ4n) is 6.11. The molecule has 0 aromatic heterocycles. The molecule has 2 saturated heterocycles. The van der Waals surface area contributed by atoms with Gasteiger partial charge >= 0.3 is 0 Å². The van der Waals surface area contributed by atoms with Crippen LogP contribution in [0.2, 0.25) is 0 Å². The van der Waals surface area contributed by atoms with Gasteiger partial charge in [0.05, 0.1) is 0 Å². The fourth-order valence-corrected chi connectivity index (χ4v) is 6.11. The third-order valence-electron chi connectivity index (χ3n) is 7.77. The van der Waals surface area contributed by atoms with Crippen molar-refractivity contribution in [3.05, 3.63) is 76.1 Å². The van der Waals surface area contributed by atoms with Gasteiger partial charge in [0.15, 0.2) is 5.57 Å². The number of hydrogen-bond donors (Lipinski definition) is 0. The second kappa shape index (κ2) is 13.5. The average molecular weight is 539 g/mol. The van der Waals surface area contributed by atoms with Gasteiger partial charge in [-0.05, 0) is 76.9 Å². The Morgan fingerprint density at radius 2 is 1.55 bits per heavy atom. The van der Waals surface area contributed by atoms with Crippen LogP contribution in [0.15, 0.2) is 53.9 Å². The number of allylic oxidation sites excluding steroid dienone is 1. The molecule has 7 nitrogen and oxygen atoms in total. The first-order chi connectivity index (χ1) is 19.3. The van der Waals surface area contributed by atoms with Gasteiger partial charge in [-0.25, -0.2) is 0 Å². The van der Waals surface area contributed by atoms with Crippen LogP contribution < -0.4 is 4.90 Å². The van der Waals surface area contributed by atoms with Crippen LogP contribution in [-0.4, -0.2) is 59.4 Å². The maximum Gasteiger partial charge on any atom is 0.229 e. The van der Waals surface area contributed by atoms with E-state index in [1.54, 1.807) is 0 Å². The molecule has 0 radical (unpaired) electrons. The predicted octanol–water partition coefficient (Wildman–Crippen LogP) is 5.50. The van der Waals surface area contributed by atoms with Crippen LogP contribution in [0.4, 0.5) is 5.69 Å². The highest BCUT2D eigenvalue weighted by molar-refractivity contribution is 5.94. The molecular weight excluding hydrogens is 496 g/mol. The summed E-state index contributed by atoms with van der Waals surface area (Å²) in [6.45, 7) is 13.9. The van der Waals surface area contributed by atoms with Gasteiger partial charge in [0.1, 0.15) is 18.0 Å². The third-order valence-corrected chi connectivity index (χ3v) is 7.77. The van der Waals surface area contributed by atoms with Crippen molar-refractivity contribution in [1.29, 1.82) is 10.5 Å². The van der Waals surface area contributed by atoms with Crippen molar-refractivity contribution in [2.45, 2.75) is 72.5 Å². The molecule has 0 spiro atoms. The molecule has 0 saturated carbocycles. The van der Waals surface area contributed by atoms with E-state index in [9.17, 15) is 15.3 Å². The summed E-state index contributed by atoms with van der Waals surface area (Å²) in [4.78, 5) is 22.2. The number of nitriles is 2. The first kappa shape index (κ1) is 29.2. The van der Waals surface area contributed by atoms with E-state index in [0.29, 0.717) is 38.4 Å². The number of likely N-dealkylation sites (tertiary alicyclic amines) is 1. The monoisotopic (exact) mass is 538 g/mol. The molecule has 4 rings (SSSR count). The number of carbonyl (C=O) groups is 1. The van der Waals surface area contributed by atoms with Crippen molar-refractivity contribution < 1.29 is 4.79 Å².